The molecule has 1 aromatic carbocycles. The highest BCUT2D eigenvalue weighted by Gasteiger charge is 2.21. The molecular weight excluding hydrogens is 272 g/mol. The van der Waals surface area contributed by atoms with Gasteiger partial charge in [-0.15, -0.1) is 0 Å². The summed E-state index contributed by atoms with van der Waals surface area (Å²) in [7, 11) is 0. The molecule has 0 atom stereocenters. The molecular formula is C17H25ClO2. The fraction of sp³-hybridized carbons (Fsp3) is 0.588. The van der Waals surface area contributed by atoms with Gasteiger partial charge in [0.05, 0.1) is 11.6 Å². The molecule has 2 nitrogen and oxygen atoms in total. The molecule has 0 radical (unpaired) electrons. The topological polar surface area (TPSA) is 26.3 Å². The standard InChI is InChI=1S/C17H25ClO2/c1-4-5-6-7-12-20-16-9-8-14(13-15(16)18)17(2,3)10-11-19/h8-9,11,13H,4-7,10,12H2,1-3H3. The molecule has 0 unspecified atom stereocenters. The Kier molecular flexibility index (Phi) is 7.08. The number of carbonyl (C=O) groups is 1. The molecule has 1 rings (SSSR count). The van der Waals surface area contributed by atoms with Gasteiger partial charge in [-0.1, -0.05) is 57.7 Å². The lowest BCUT2D eigenvalue weighted by atomic mass is 9.82. The Labute approximate surface area is 127 Å². The van der Waals surface area contributed by atoms with Crippen molar-refractivity contribution in [2.45, 2.75) is 58.3 Å². The Balaban J connectivity index is 2.61. The summed E-state index contributed by atoms with van der Waals surface area (Å²) in [5, 5.41) is 0.622. The highest BCUT2D eigenvalue weighted by atomic mass is 35.5. The molecule has 112 valence electrons. The normalized spacial score (nSPS) is 11.4. The summed E-state index contributed by atoms with van der Waals surface area (Å²) >= 11 is 6.26. The molecule has 0 heterocycles. The van der Waals surface area contributed by atoms with Crippen LogP contribution in [0, 0.1) is 0 Å². The van der Waals surface area contributed by atoms with E-state index in [-0.39, 0.29) is 5.41 Å². The van der Waals surface area contributed by atoms with E-state index in [0.29, 0.717) is 18.1 Å². The molecule has 0 fully saturated rings. The smallest absolute Gasteiger partial charge is 0.137 e. The van der Waals surface area contributed by atoms with Crippen LogP contribution in [0.5, 0.6) is 5.75 Å². The van der Waals surface area contributed by atoms with Crippen LogP contribution in [0.1, 0.15) is 58.4 Å². The van der Waals surface area contributed by atoms with Gasteiger partial charge in [0.15, 0.2) is 0 Å². The van der Waals surface area contributed by atoms with Crippen LogP contribution < -0.4 is 4.74 Å². The first-order valence-electron chi connectivity index (χ1n) is 7.37. The van der Waals surface area contributed by atoms with Crippen LogP contribution in [0.4, 0.5) is 0 Å². The lowest BCUT2D eigenvalue weighted by molar-refractivity contribution is -0.108. The molecule has 3 heteroatoms. The van der Waals surface area contributed by atoms with Crippen molar-refractivity contribution in [2.24, 2.45) is 0 Å². The monoisotopic (exact) mass is 296 g/mol. The van der Waals surface area contributed by atoms with Gasteiger partial charge >= 0.3 is 0 Å². The predicted molar refractivity (Wildman–Crippen MR) is 84.8 cm³/mol. The first kappa shape index (κ1) is 17.0. The van der Waals surface area contributed by atoms with Gasteiger partial charge in [-0.05, 0) is 29.5 Å². The summed E-state index contributed by atoms with van der Waals surface area (Å²) in [4.78, 5) is 10.7. The average molecular weight is 297 g/mol. The van der Waals surface area contributed by atoms with Gasteiger partial charge in [-0.25, -0.2) is 0 Å². The Bertz CT molecular complexity index is 427. The van der Waals surface area contributed by atoms with Gasteiger partial charge < -0.3 is 9.53 Å². The van der Waals surface area contributed by atoms with Crippen LogP contribution in [0.2, 0.25) is 5.02 Å². The Morgan fingerprint density at radius 1 is 1.25 bits per heavy atom. The molecule has 0 aromatic heterocycles. The van der Waals surface area contributed by atoms with Crippen LogP contribution in [0.3, 0.4) is 0 Å². The van der Waals surface area contributed by atoms with Crippen molar-refractivity contribution in [3.05, 3.63) is 28.8 Å². The average Bonchev–Trinajstić information content (AvgIpc) is 2.40. The number of hydrogen-bond acceptors (Lipinski definition) is 2. The number of hydrogen-bond donors (Lipinski definition) is 0. The van der Waals surface area contributed by atoms with Crippen LogP contribution in [0.15, 0.2) is 18.2 Å². The zero-order chi connectivity index (χ0) is 15.0. The van der Waals surface area contributed by atoms with Crippen LogP contribution in [0.25, 0.3) is 0 Å². The maximum absolute atomic E-state index is 10.7. The quantitative estimate of drug-likeness (QED) is 0.464. The van der Waals surface area contributed by atoms with E-state index in [2.05, 4.69) is 6.92 Å². The molecule has 0 amide bonds. The third kappa shape index (κ3) is 5.16. The molecule has 0 bridgehead atoms. The third-order valence-corrected chi connectivity index (χ3v) is 3.86. The summed E-state index contributed by atoms with van der Waals surface area (Å²) in [5.74, 6) is 0.730. The van der Waals surface area contributed by atoms with E-state index in [4.69, 9.17) is 16.3 Å². The number of carbonyl (C=O) groups excluding carboxylic acids is 1. The second-order valence-corrected chi connectivity index (χ2v) is 6.22. The summed E-state index contributed by atoms with van der Waals surface area (Å²) in [5.41, 5.74) is 0.873. The van der Waals surface area contributed by atoms with Gasteiger partial charge in [0.2, 0.25) is 0 Å². The largest absolute Gasteiger partial charge is 0.492 e. The highest BCUT2D eigenvalue weighted by molar-refractivity contribution is 6.32. The first-order chi connectivity index (χ1) is 9.51. The van der Waals surface area contributed by atoms with Crippen molar-refractivity contribution in [1.29, 1.82) is 0 Å². The van der Waals surface area contributed by atoms with E-state index >= 15 is 0 Å². The second-order valence-electron chi connectivity index (χ2n) is 5.81. The van der Waals surface area contributed by atoms with Crippen molar-refractivity contribution >= 4 is 17.9 Å². The fourth-order valence-electron chi connectivity index (χ4n) is 2.08. The molecule has 0 aliphatic heterocycles. The van der Waals surface area contributed by atoms with Gasteiger partial charge in [0.25, 0.3) is 0 Å². The van der Waals surface area contributed by atoms with E-state index < -0.39 is 0 Å². The molecule has 20 heavy (non-hydrogen) atoms. The number of halogens is 1. The van der Waals surface area contributed by atoms with Crippen LogP contribution >= 0.6 is 11.6 Å². The number of rotatable bonds is 9. The molecule has 0 aliphatic rings. The predicted octanol–water partition coefficient (Wildman–Crippen LogP) is 5.17. The summed E-state index contributed by atoms with van der Waals surface area (Å²) in [6.07, 6.45) is 6.16. The number of aldehydes is 1. The number of unbranched alkanes of at least 4 members (excludes halogenated alkanes) is 3. The first-order valence-corrected chi connectivity index (χ1v) is 7.75. The maximum Gasteiger partial charge on any atom is 0.137 e. The Morgan fingerprint density at radius 2 is 2.00 bits per heavy atom. The Hall–Kier alpha value is -1.02. The number of benzene rings is 1. The molecule has 0 N–H and O–H groups in total. The van der Waals surface area contributed by atoms with E-state index in [1.54, 1.807) is 0 Å². The van der Waals surface area contributed by atoms with E-state index in [9.17, 15) is 4.79 Å². The maximum atomic E-state index is 10.7. The lowest BCUT2D eigenvalue weighted by Gasteiger charge is -2.23. The zero-order valence-electron chi connectivity index (χ0n) is 12.7. The highest BCUT2D eigenvalue weighted by Crippen LogP contribution is 2.33. The Morgan fingerprint density at radius 3 is 2.60 bits per heavy atom. The molecule has 0 saturated heterocycles. The van der Waals surface area contributed by atoms with Crippen LogP contribution in [-0.4, -0.2) is 12.9 Å². The van der Waals surface area contributed by atoms with E-state index in [1.807, 2.05) is 32.0 Å². The second kappa shape index (κ2) is 8.31. The van der Waals surface area contributed by atoms with Crippen molar-refractivity contribution in [3.63, 3.8) is 0 Å². The minimum absolute atomic E-state index is 0.189. The van der Waals surface area contributed by atoms with Crippen molar-refractivity contribution in [2.75, 3.05) is 6.61 Å². The van der Waals surface area contributed by atoms with Crippen molar-refractivity contribution in [3.8, 4) is 5.75 Å². The minimum atomic E-state index is -0.189. The summed E-state index contributed by atoms with van der Waals surface area (Å²) in [6, 6.07) is 5.81. The zero-order valence-corrected chi connectivity index (χ0v) is 13.5. The minimum Gasteiger partial charge on any atom is -0.492 e. The van der Waals surface area contributed by atoms with Crippen molar-refractivity contribution < 1.29 is 9.53 Å². The summed E-state index contributed by atoms with van der Waals surface area (Å²) in [6.45, 7) is 6.98. The van der Waals surface area contributed by atoms with Gasteiger partial charge in [0.1, 0.15) is 12.0 Å². The fourth-order valence-corrected chi connectivity index (χ4v) is 2.31. The number of ether oxygens (including phenoxy) is 1. The van der Waals surface area contributed by atoms with Crippen LogP contribution in [-0.2, 0) is 10.2 Å². The van der Waals surface area contributed by atoms with Gasteiger partial charge in [-0.2, -0.15) is 0 Å². The molecule has 0 aliphatic carbocycles. The van der Waals surface area contributed by atoms with E-state index in [1.165, 1.54) is 19.3 Å². The lowest BCUT2D eigenvalue weighted by Crippen LogP contribution is -2.17. The van der Waals surface area contributed by atoms with Crippen molar-refractivity contribution in [1.82, 2.24) is 0 Å². The SMILES string of the molecule is CCCCCCOc1ccc(C(C)(C)CC=O)cc1Cl. The van der Waals surface area contributed by atoms with Gasteiger partial charge in [0, 0.05) is 6.42 Å². The molecule has 0 spiro atoms. The third-order valence-electron chi connectivity index (χ3n) is 3.56. The molecule has 1 aromatic rings. The van der Waals surface area contributed by atoms with Gasteiger partial charge in [-0.3, -0.25) is 0 Å². The molecule has 0 saturated carbocycles. The summed E-state index contributed by atoms with van der Waals surface area (Å²) < 4.78 is 5.71. The van der Waals surface area contributed by atoms with E-state index in [0.717, 1.165) is 24.0 Å².